The molecule has 0 saturated heterocycles. The molecule has 90 valence electrons. The van der Waals surface area contributed by atoms with Crippen LogP contribution in [0, 0.1) is 0 Å². The predicted molar refractivity (Wildman–Crippen MR) is 60.8 cm³/mol. The largest absolute Gasteiger partial charge is 0.346 e. The molecule has 3 nitrogen and oxygen atoms in total. The maximum Gasteiger partial charge on any atom is 0.214 e. The first kappa shape index (κ1) is 14.6. The van der Waals surface area contributed by atoms with Gasteiger partial charge >= 0.3 is 0 Å². The van der Waals surface area contributed by atoms with Gasteiger partial charge in [-0.3, -0.25) is 4.79 Å². The van der Waals surface area contributed by atoms with Crippen LogP contribution in [-0.4, -0.2) is 25.8 Å². The summed E-state index contributed by atoms with van der Waals surface area (Å²) in [4.78, 5) is 10.6. The van der Waals surface area contributed by atoms with Crippen molar-refractivity contribution in [2.45, 2.75) is 58.7 Å². The minimum absolute atomic E-state index is 0.616. The van der Waals surface area contributed by atoms with Crippen LogP contribution in [0.1, 0.15) is 52.4 Å². The van der Waals surface area contributed by atoms with E-state index in [-0.39, 0.29) is 0 Å². The Kier molecular flexibility index (Phi) is 11.3. The summed E-state index contributed by atoms with van der Waals surface area (Å²) < 4.78 is 10.6. The average molecular weight is 216 g/mol. The molecule has 0 bridgehead atoms. The van der Waals surface area contributed by atoms with E-state index >= 15 is 0 Å². The van der Waals surface area contributed by atoms with Crippen LogP contribution in [0.25, 0.3) is 0 Å². The maximum atomic E-state index is 10.6. The Balaban J connectivity index is 3.34. The van der Waals surface area contributed by atoms with Crippen molar-refractivity contribution in [1.29, 1.82) is 0 Å². The second-order valence-electron chi connectivity index (χ2n) is 3.66. The second kappa shape index (κ2) is 11.7. The van der Waals surface area contributed by atoms with Crippen molar-refractivity contribution in [2.75, 3.05) is 13.2 Å². The van der Waals surface area contributed by atoms with E-state index < -0.39 is 6.29 Å². The normalized spacial score (nSPS) is 10.9. The number of hydrogen-bond acceptors (Lipinski definition) is 3. The Morgan fingerprint density at radius 2 is 1.40 bits per heavy atom. The maximum absolute atomic E-state index is 10.6. The van der Waals surface area contributed by atoms with E-state index in [0.717, 1.165) is 44.8 Å². The highest BCUT2D eigenvalue weighted by molar-refractivity contribution is 5.53. The van der Waals surface area contributed by atoms with Crippen LogP contribution < -0.4 is 0 Å². The fraction of sp³-hybridized carbons (Fsp3) is 0.917. The summed E-state index contributed by atoms with van der Waals surface area (Å²) in [7, 11) is 0. The molecule has 0 aliphatic heterocycles. The zero-order valence-corrected chi connectivity index (χ0v) is 10.0. The van der Waals surface area contributed by atoms with Gasteiger partial charge in [-0.05, 0) is 12.8 Å². The van der Waals surface area contributed by atoms with Crippen molar-refractivity contribution in [3.8, 4) is 0 Å². The van der Waals surface area contributed by atoms with Crippen molar-refractivity contribution < 1.29 is 14.3 Å². The summed E-state index contributed by atoms with van der Waals surface area (Å²) in [6.45, 7) is 5.51. The molecule has 0 unspecified atom stereocenters. The highest BCUT2D eigenvalue weighted by Gasteiger charge is 2.06. The fourth-order valence-electron chi connectivity index (χ4n) is 1.23. The van der Waals surface area contributed by atoms with Gasteiger partial charge in [0, 0.05) is 0 Å². The SMILES string of the molecule is CCCCCOC(C=O)OCCCCC. The van der Waals surface area contributed by atoms with Crippen molar-refractivity contribution in [3.63, 3.8) is 0 Å². The molecule has 3 heteroatoms. The third kappa shape index (κ3) is 9.88. The predicted octanol–water partition coefficient (Wildman–Crippen LogP) is 2.93. The molecular weight excluding hydrogens is 192 g/mol. The highest BCUT2D eigenvalue weighted by atomic mass is 16.7. The van der Waals surface area contributed by atoms with Crippen molar-refractivity contribution in [3.05, 3.63) is 0 Å². The van der Waals surface area contributed by atoms with Gasteiger partial charge in [-0.25, -0.2) is 0 Å². The molecular formula is C12H24O3. The molecule has 0 aromatic rings. The molecule has 0 heterocycles. The third-order valence-corrected chi connectivity index (χ3v) is 2.17. The van der Waals surface area contributed by atoms with E-state index in [9.17, 15) is 4.79 Å². The number of aldehydes is 1. The average Bonchev–Trinajstić information content (AvgIpc) is 2.27. The molecule has 15 heavy (non-hydrogen) atoms. The second-order valence-corrected chi connectivity index (χ2v) is 3.66. The minimum Gasteiger partial charge on any atom is -0.346 e. The molecule has 0 radical (unpaired) electrons. The Hall–Kier alpha value is -0.410. The molecule has 0 spiro atoms. The van der Waals surface area contributed by atoms with Crippen molar-refractivity contribution in [2.24, 2.45) is 0 Å². The minimum atomic E-state index is -0.654. The van der Waals surface area contributed by atoms with E-state index in [1.165, 1.54) is 0 Å². The lowest BCUT2D eigenvalue weighted by molar-refractivity contribution is -0.158. The van der Waals surface area contributed by atoms with Gasteiger partial charge in [0.05, 0.1) is 13.2 Å². The summed E-state index contributed by atoms with van der Waals surface area (Å²) in [5.41, 5.74) is 0. The lowest BCUT2D eigenvalue weighted by Crippen LogP contribution is -2.20. The summed E-state index contributed by atoms with van der Waals surface area (Å²) in [5, 5.41) is 0. The smallest absolute Gasteiger partial charge is 0.214 e. The Morgan fingerprint density at radius 1 is 0.933 bits per heavy atom. The first-order valence-electron chi connectivity index (χ1n) is 6.03. The molecule has 0 N–H and O–H groups in total. The van der Waals surface area contributed by atoms with E-state index in [0.29, 0.717) is 13.2 Å². The summed E-state index contributed by atoms with van der Waals surface area (Å²) in [6, 6.07) is 0. The standard InChI is InChI=1S/C12H24O3/c1-3-5-7-9-14-12(11-13)15-10-8-6-4-2/h11-12H,3-10H2,1-2H3. The van der Waals surface area contributed by atoms with E-state index in [1.807, 2.05) is 0 Å². The number of hydrogen-bond donors (Lipinski definition) is 0. The first-order chi connectivity index (χ1) is 7.35. The van der Waals surface area contributed by atoms with E-state index in [4.69, 9.17) is 9.47 Å². The molecule has 0 rings (SSSR count). The van der Waals surface area contributed by atoms with Gasteiger partial charge in [-0.15, -0.1) is 0 Å². The molecule has 0 saturated carbocycles. The number of carbonyl (C=O) groups excluding carboxylic acids is 1. The van der Waals surface area contributed by atoms with Crippen LogP contribution >= 0.6 is 0 Å². The molecule has 0 aromatic heterocycles. The zero-order chi connectivity index (χ0) is 11.4. The van der Waals surface area contributed by atoms with Crippen LogP contribution in [0.5, 0.6) is 0 Å². The van der Waals surface area contributed by atoms with Gasteiger partial charge in [0.25, 0.3) is 0 Å². The fourth-order valence-corrected chi connectivity index (χ4v) is 1.23. The van der Waals surface area contributed by atoms with Gasteiger partial charge in [-0.1, -0.05) is 39.5 Å². The van der Waals surface area contributed by atoms with E-state index in [1.54, 1.807) is 0 Å². The van der Waals surface area contributed by atoms with Crippen LogP contribution in [0.4, 0.5) is 0 Å². The topological polar surface area (TPSA) is 35.5 Å². The quantitative estimate of drug-likeness (QED) is 0.302. The van der Waals surface area contributed by atoms with Gasteiger partial charge in [0.2, 0.25) is 6.29 Å². The summed E-state index contributed by atoms with van der Waals surface area (Å²) >= 11 is 0. The molecule has 0 fully saturated rings. The molecule has 0 aliphatic carbocycles. The number of rotatable bonds is 11. The lowest BCUT2D eigenvalue weighted by atomic mass is 10.3. The van der Waals surface area contributed by atoms with Crippen molar-refractivity contribution in [1.82, 2.24) is 0 Å². The third-order valence-electron chi connectivity index (χ3n) is 2.17. The molecule has 0 atom stereocenters. The first-order valence-corrected chi connectivity index (χ1v) is 6.03. The van der Waals surface area contributed by atoms with Gasteiger partial charge in [0.15, 0.2) is 6.29 Å². The Bertz CT molecular complexity index is 125. The van der Waals surface area contributed by atoms with Gasteiger partial charge < -0.3 is 9.47 Å². The molecule has 0 amide bonds. The highest BCUT2D eigenvalue weighted by Crippen LogP contribution is 2.00. The van der Waals surface area contributed by atoms with Crippen LogP contribution in [0.15, 0.2) is 0 Å². The number of ether oxygens (including phenoxy) is 2. The molecule has 0 aromatic carbocycles. The lowest BCUT2D eigenvalue weighted by Gasteiger charge is -2.12. The van der Waals surface area contributed by atoms with Crippen molar-refractivity contribution >= 4 is 6.29 Å². The monoisotopic (exact) mass is 216 g/mol. The number of carbonyl (C=O) groups is 1. The summed E-state index contributed by atoms with van der Waals surface area (Å²) in [5.74, 6) is 0. The number of unbranched alkanes of at least 4 members (excludes halogenated alkanes) is 4. The Morgan fingerprint density at radius 3 is 1.73 bits per heavy atom. The van der Waals surface area contributed by atoms with Gasteiger partial charge in [0.1, 0.15) is 0 Å². The van der Waals surface area contributed by atoms with Crippen LogP contribution in [0.3, 0.4) is 0 Å². The summed E-state index contributed by atoms with van der Waals surface area (Å²) in [6.07, 6.45) is 6.68. The van der Waals surface area contributed by atoms with Crippen LogP contribution in [0.2, 0.25) is 0 Å². The van der Waals surface area contributed by atoms with E-state index in [2.05, 4.69) is 13.8 Å². The van der Waals surface area contributed by atoms with Gasteiger partial charge in [-0.2, -0.15) is 0 Å². The Labute approximate surface area is 93.1 Å². The van der Waals surface area contributed by atoms with Crippen LogP contribution in [-0.2, 0) is 14.3 Å². The zero-order valence-electron chi connectivity index (χ0n) is 10.0. The molecule has 0 aliphatic rings.